The van der Waals surface area contributed by atoms with Crippen molar-refractivity contribution in [3.63, 3.8) is 0 Å². The number of hydrogen-bond acceptors (Lipinski definition) is 5. The maximum atomic E-state index is 11.4. The molecule has 0 aliphatic heterocycles. The van der Waals surface area contributed by atoms with Crippen molar-refractivity contribution in [2.45, 2.75) is 19.8 Å². The van der Waals surface area contributed by atoms with Crippen LogP contribution >= 0.6 is 0 Å². The Balaban J connectivity index is 3.67. The van der Waals surface area contributed by atoms with Gasteiger partial charge in [-0.05, 0) is 20.4 Å². The van der Waals surface area contributed by atoms with Gasteiger partial charge in [0.25, 0.3) is 0 Å². The fourth-order valence-electron chi connectivity index (χ4n) is 1.25. The summed E-state index contributed by atoms with van der Waals surface area (Å²) in [6.45, 7) is 2.47. The van der Waals surface area contributed by atoms with E-state index in [-0.39, 0.29) is 31.4 Å². The second-order valence-electron chi connectivity index (χ2n) is 3.82. The minimum atomic E-state index is -0.885. The van der Waals surface area contributed by atoms with Gasteiger partial charge in [0.2, 0.25) is 5.91 Å². The minimum Gasteiger partial charge on any atom is -0.481 e. The molecule has 0 atom stereocenters. The van der Waals surface area contributed by atoms with E-state index >= 15 is 0 Å². The highest BCUT2D eigenvalue weighted by molar-refractivity contribution is 5.79. The van der Waals surface area contributed by atoms with Crippen LogP contribution < -0.4 is 5.32 Å². The van der Waals surface area contributed by atoms with Crippen LogP contribution in [0.5, 0.6) is 0 Å². The van der Waals surface area contributed by atoms with Gasteiger partial charge in [0.15, 0.2) is 0 Å². The van der Waals surface area contributed by atoms with E-state index in [2.05, 4.69) is 5.32 Å². The number of aliphatic carboxylic acids is 1. The third-order valence-electron chi connectivity index (χ3n) is 2.01. The fraction of sp³-hybridized carbons (Fsp3) is 0.727. The molecule has 0 aromatic rings. The average molecular weight is 260 g/mol. The van der Waals surface area contributed by atoms with Gasteiger partial charge in [-0.3, -0.25) is 19.3 Å². The van der Waals surface area contributed by atoms with Gasteiger partial charge in [-0.1, -0.05) is 0 Å². The monoisotopic (exact) mass is 260 g/mol. The smallest absolute Gasteiger partial charge is 0.320 e. The number of ether oxygens (including phenoxy) is 1. The van der Waals surface area contributed by atoms with Gasteiger partial charge in [-0.25, -0.2) is 0 Å². The lowest BCUT2D eigenvalue weighted by molar-refractivity contribution is -0.144. The fourth-order valence-corrected chi connectivity index (χ4v) is 1.25. The zero-order valence-electron chi connectivity index (χ0n) is 10.8. The van der Waals surface area contributed by atoms with Crippen molar-refractivity contribution >= 4 is 17.8 Å². The van der Waals surface area contributed by atoms with Gasteiger partial charge in [0, 0.05) is 13.0 Å². The largest absolute Gasteiger partial charge is 0.481 e. The molecule has 0 saturated carbocycles. The highest BCUT2D eigenvalue weighted by Gasteiger charge is 2.10. The quantitative estimate of drug-likeness (QED) is 0.427. The van der Waals surface area contributed by atoms with Gasteiger partial charge in [-0.15, -0.1) is 0 Å². The predicted octanol–water partition coefficient (Wildman–Crippen LogP) is -0.538. The molecule has 18 heavy (non-hydrogen) atoms. The van der Waals surface area contributed by atoms with Crippen LogP contribution in [0.25, 0.3) is 0 Å². The summed E-state index contributed by atoms with van der Waals surface area (Å²) in [7, 11) is 1.63. The summed E-state index contributed by atoms with van der Waals surface area (Å²) in [6.07, 6.45) is 0.418. The molecule has 0 saturated heterocycles. The molecule has 2 N–H and O–H groups in total. The zero-order chi connectivity index (χ0) is 14.0. The van der Waals surface area contributed by atoms with Crippen LogP contribution in [0.3, 0.4) is 0 Å². The summed E-state index contributed by atoms with van der Waals surface area (Å²) in [5.74, 6) is -1.51. The number of carboxylic acids is 1. The first kappa shape index (κ1) is 16.4. The van der Waals surface area contributed by atoms with Crippen molar-refractivity contribution in [1.82, 2.24) is 10.2 Å². The van der Waals surface area contributed by atoms with Crippen LogP contribution in [0.15, 0.2) is 0 Å². The molecule has 0 heterocycles. The lowest BCUT2D eigenvalue weighted by atomic mass is 10.3. The number of likely N-dealkylation sites (N-methyl/N-ethyl adjacent to an activating group) is 1. The molecule has 0 aliphatic rings. The molecular formula is C11H20N2O5. The van der Waals surface area contributed by atoms with Crippen LogP contribution in [0, 0.1) is 0 Å². The second-order valence-corrected chi connectivity index (χ2v) is 3.82. The SMILES string of the molecule is CCOC(=O)CN(C)CC(=O)NCCCC(=O)O. The predicted molar refractivity (Wildman–Crippen MR) is 64.0 cm³/mol. The first-order valence-electron chi connectivity index (χ1n) is 5.78. The van der Waals surface area contributed by atoms with Gasteiger partial charge >= 0.3 is 11.9 Å². The molecule has 0 aromatic carbocycles. The number of nitrogens with zero attached hydrogens (tertiary/aromatic N) is 1. The number of hydrogen-bond donors (Lipinski definition) is 2. The maximum absolute atomic E-state index is 11.4. The van der Waals surface area contributed by atoms with Gasteiger partial charge < -0.3 is 15.2 Å². The zero-order valence-corrected chi connectivity index (χ0v) is 10.8. The van der Waals surface area contributed by atoms with E-state index in [4.69, 9.17) is 9.84 Å². The summed E-state index contributed by atoms with van der Waals surface area (Å²) >= 11 is 0. The van der Waals surface area contributed by atoms with E-state index in [0.717, 1.165) is 0 Å². The Bertz CT molecular complexity index is 293. The minimum absolute atomic E-state index is 0.0267. The Hall–Kier alpha value is -1.63. The van der Waals surface area contributed by atoms with Crippen molar-refractivity contribution in [3.8, 4) is 0 Å². The first-order chi connectivity index (χ1) is 8.45. The van der Waals surface area contributed by atoms with Crippen LogP contribution in [-0.2, 0) is 19.1 Å². The molecule has 104 valence electrons. The number of amides is 1. The van der Waals surface area contributed by atoms with Crippen molar-refractivity contribution < 1.29 is 24.2 Å². The Kier molecular flexibility index (Phi) is 8.55. The number of carboxylic acid groups (broad SMARTS) is 1. The molecular weight excluding hydrogens is 240 g/mol. The number of nitrogens with one attached hydrogen (secondary N) is 1. The van der Waals surface area contributed by atoms with Gasteiger partial charge in [-0.2, -0.15) is 0 Å². The Morgan fingerprint density at radius 2 is 1.94 bits per heavy atom. The molecule has 7 heteroatoms. The van der Waals surface area contributed by atoms with Crippen molar-refractivity contribution in [2.75, 3.05) is 33.3 Å². The third kappa shape index (κ3) is 9.59. The Labute approximate surface area is 106 Å². The number of carbonyl (C=O) groups excluding carboxylic acids is 2. The lowest BCUT2D eigenvalue weighted by Gasteiger charge is -2.14. The Morgan fingerprint density at radius 1 is 1.28 bits per heavy atom. The first-order valence-corrected chi connectivity index (χ1v) is 5.78. The summed E-state index contributed by atoms with van der Waals surface area (Å²) in [4.78, 5) is 34.3. The van der Waals surface area contributed by atoms with Gasteiger partial charge in [0.1, 0.15) is 0 Å². The maximum Gasteiger partial charge on any atom is 0.320 e. The molecule has 0 fully saturated rings. The third-order valence-corrected chi connectivity index (χ3v) is 2.01. The molecule has 0 spiro atoms. The van der Waals surface area contributed by atoms with E-state index in [1.54, 1.807) is 14.0 Å². The van der Waals surface area contributed by atoms with E-state index in [1.807, 2.05) is 0 Å². The average Bonchev–Trinajstić information content (AvgIpc) is 2.24. The number of carbonyl (C=O) groups is 3. The molecule has 0 aliphatic carbocycles. The van der Waals surface area contributed by atoms with E-state index < -0.39 is 5.97 Å². The summed E-state index contributed by atoms with van der Waals surface area (Å²) in [5, 5.41) is 11.0. The second kappa shape index (κ2) is 9.41. The van der Waals surface area contributed by atoms with E-state index in [0.29, 0.717) is 19.6 Å². The molecule has 0 aromatic heterocycles. The molecule has 7 nitrogen and oxygen atoms in total. The van der Waals surface area contributed by atoms with E-state index in [9.17, 15) is 14.4 Å². The molecule has 0 bridgehead atoms. The summed E-state index contributed by atoms with van der Waals surface area (Å²) < 4.78 is 4.74. The Morgan fingerprint density at radius 3 is 2.50 bits per heavy atom. The van der Waals surface area contributed by atoms with Crippen LogP contribution in [0.2, 0.25) is 0 Å². The van der Waals surface area contributed by atoms with Crippen molar-refractivity contribution in [2.24, 2.45) is 0 Å². The molecule has 0 rings (SSSR count). The van der Waals surface area contributed by atoms with Gasteiger partial charge in [0.05, 0.1) is 19.7 Å². The molecule has 0 radical (unpaired) electrons. The van der Waals surface area contributed by atoms with Crippen molar-refractivity contribution in [3.05, 3.63) is 0 Å². The van der Waals surface area contributed by atoms with Crippen LogP contribution in [0.1, 0.15) is 19.8 Å². The standard InChI is InChI=1S/C11H20N2O5/c1-3-18-11(17)8-13(2)7-9(14)12-6-4-5-10(15)16/h3-8H2,1-2H3,(H,12,14)(H,15,16). The molecule has 0 unspecified atom stereocenters. The number of esters is 1. The highest BCUT2D eigenvalue weighted by Crippen LogP contribution is 1.88. The van der Waals surface area contributed by atoms with Crippen molar-refractivity contribution in [1.29, 1.82) is 0 Å². The van der Waals surface area contributed by atoms with Crippen LogP contribution in [0.4, 0.5) is 0 Å². The summed E-state index contributed by atoms with van der Waals surface area (Å²) in [5.41, 5.74) is 0. The lowest BCUT2D eigenvalue weighted by Crippen LogP contribution is -2.38. The topological polar surface area (TPSA) is 95.9 Å². The van der Waals surface area contributed by atoms with E-state index in [1.165, 1.54) is 4.90 Å². The highest BCUT2D eigenvalue weighted by atomic mass is 16.5. The summed E-state index contributed by atoms with van der Waals surface area (Å²) in [6, 6.07) is 0. The molecule has 1 amide bonds. The number of rotatable bonds is 9. The normalized spacial score (nSPS) is 10.2. The van der Waals surface area contributed by atoms with Crippen LogP contribution in [-0.4, -0.2) is 61.1 Å².